The molecule has 1 unspecified atom stereocenters. The molecule has 0 N–H and O–H groups in total. The highest BCUT2D eigenvalue weighted by molar-refractivity contribution is 5.78. The lowest BCUT2D eigenvalue weighted by Gasteiger charge is -2.14. The van der Waals surface area contributed by atoms with Gasteiger partial charge in [0.25, 0.3) is 0 Å². The third-order valence-electron chi connectivity index (χ3n) is 4.71. The zero-order valence-electron chi connectivity index (χ0n) is 13.1. The normalized spacial score (nSPS) is 26.2. The Morgan fingerprint density at radius 2 is 1.16 bits per heavy atom. The minimum Gasteiger partial charge on any atom is -0.300 e. The van der Waals surface area contributed by atoms with E-state index in [2.05, 4.69) is 6.92 Å². The number of Topliss-reactive ketones (excluding diaryl/α,β-unsaturated/α-hetero) is 1. The summed E-state index contributed by atoms with van der Waals surface area (Å²) in [7, 11) is 0. The summed E-state index contributed by atoms with van der Waals surface area (Å²) in [4.78, 5) is 11.7. The largest absolute Gasteiger partial charge is 0.300 e. The molecule has 0 heterocycles. The number of carbonyl (C=O) groups excluding carboxylic acids is 1. The van der Waals surface area contributed by atoms with Crippen molar-refractivity contribution in [3.05, 3.63) is 0 Å². The zero-order valence-corrected chi connectivity index (χ0v) is 13.1. The Bertz CT molecular complexity index is 222. The lowest BCUT2D eigenvalue weighted by molar-refractivity contribution is -0.119. The predicted octanol–water partition coefficient (Wildman–Crippen LogP) is 6.06. The van der Waals surface area contributed by atoms with Crippen molar-refractivity contribution < 1.29 is 4.79 Å². The Morgan fingerprint density at radius 3 is 1.63 bits per heavy atom. The molecule has 1 rings (SSSR count). The van der Waals surface area contributed by atoms with Gasteiger partial charge < -0.3 is 0 Å². The van der Waals surface area contributed by atoms with Gasteiger partial charge in [0.15, 0.2) is 0 Å². The highest BCUT2D eigenvalue weighted by Gasteiger charge is 2.07. The summed E-state index contributed by atoms with van der Waals surface area (Å²) in [5.74, 6) is 1.48. The van der Waals surface area contributed by atoms with Gasteiger partial charge in [0.1, 0.15) is 5.78 Å². The second-order valence-electron chi connectivity index (χ2n) is 6.43. The van der Waals surface area contributed by atoms with Gasteiger partial charge in [0, 0.05) is 12.8 Å². The fraction of sp³-hybridized carbons (Fsp3) is 0.944. The number of ketones is 1. The van der Waals surface area contributed by atoms with Crippen LogP contribution in [0.15, 0.2) is 0 Å². The van der Waals surface area contributed by atoms with Crippen molar-refractivity contribution in [3.8, 4) is 0 Å². The first-order valence-electron chi connectivity index (χ1n) is 8.84. The molecule has 0 radical (unpaired) electrons. The van der Waals surface area contributed by atoms with Gasteiger partial charge in [0.2, 0.25) is 0 Å². The van der Waals surface area contributed by atoms with E-state index in [1.165, 1.54) is 70.6 Å². The van der Waals surface area contributed by atoms with Crippen LogP contribution in [0, 0.1) is 5.92 Å². The van der Waals surface area contributed by atoms with Crippen LogP contribution in [-0.4, -0.2) is 5.78 Å². The summed E-state index contributed by atoms with van der Waals surface area (Å²) < 4.78 is 0. The van der Waals surface area contributed by atoms with E-state index in [9.17, 15) is 4.79 Å². The molecule has 1 atom stereocenters. The highest BCUT2D eigenvalue weighted by atomic mass is 16.1. The predicted molar refractivity (Wildman–Crippen MR) is 83.4 cm³/mol. The molecule has 0 spiro atoms. The van der Waals surface area contributed by atoms with Crippen LogP contribution in [0.3, 0.4) is 0 Å². The summed E-state index contributed by atoms with van der Waals surface area (Å²) in [5, 5.41) is 0. The molecule has 0 aromatic rings. The van der Waals surface area contributed by atoms with Crippen LogP contribution in [0.2, 0.25) is 0 Å². The zero-order chi connectivity index (χ0) is 13.8. The molecule has 0 saturated heterocycles. The fourth-order valence-electron chi connectivity index (χ4n) is 3.25. The smallest absolute Gasteiger partial charge is 0.132 e. The van der Waals surface area contributed by atoms with Gasteiger partial charge in [-0.25, -0.2) is 0 Å². The van der Waals surface area contributed by atoms with E-state index < -0.39 is 0 Å². The maximum Gasteiger partial charge on any atom is 0.132 e. The summed E-state index contributed by atoms with van der Waals surface area (Å²) in [6.45, 7) is 2.35. The number of hydrogen-bond acceptors (Lipinski definition) is 1. The van der Waals surface area contributed by atoms with Crippen LogP contribution >= 0.6 is 0 Å². The van der Waals surface area contributed by atoms with E-state index in [0.29, 0.717) is 5.78 Å². The molecule has 0 aliphatic heterocycles. The van der Waals surface area contributed by atoms with Gasteiger partial charge in [-0.2, -0.15) is 0 Å². The van der Waals surface area contributed by atoms with Crippen LogP contribution in [0.5, 0.6) is 0 Å². The fourth-order valence-corrected chi connectivity index (χ4v) is 3.25. The van der Waals surface area contributed by atoms with Gasteiger partial charge in [-0.3, -0.25) is 4.79 Å². The van der Waals surface area contributed by atoms with Crippen LogP contribution in [-0.2, 0) is 4.79 Å². The molecule has 0 amide bonds. The van der Waals surface area contributed by atoms with Gasteiger partial charge in [-0.15, -0.1) is 0 Å². The lowest BCUT2D eigenvalue weighted by Crippen LogP contribution is -2.01. The maximum atomic E-state index is 11.7. The average Bonchev–Trinajstić information content (AvgIpc) is 2.41. The van der Waals surface area contributed by atoms with Crippen LogP contribution < -0.4 is 0 Å². The van der Waals surface area contributed by atoms with E-state index >= 15 is 0 Å². The van der Waals surface area contributed by atoms with Crippen LogP contribution in [0.25, 0.3) is 0 Å². The Morgan fingerprint density at radius 1 is 0.737 bits per heavy atom. The van der Waals surface area contributed by atoms with Crippen molar-refractivity contribution in [1.82, 2.24) is 0 Å². The SMILES string of the molecule is CCC1CCCCCCCCC(=O)CCCCCC1. The third kappa shape index (κ3) is 9.24. The molecule has 1 aliphatic rings. The molecule has 0 aromatic carbocycles. The summed E-state index contributed by atoms with van der Waals surface area (Å²) in [5.41, 5.74) is 0. The first-order valence-corrected chi connectivity index (χ1v) is 8.84. The lowest BCUT2D eigenvalue weighted by atomic mass is 9.92. The van der Waals surface area contributed by atoms with Crippen molar-refractivity contribution in [2.75, 3.05) is 0 Å². The van der Waals surface area contributed by atoms with E-state index in [0.717, 1.165) is 31.6 Å². The van der Waals surface area contributed by atoms with Gasteiger partial charge in [0.05, 0.1) is 0 Å². The molecule has 19 heavy (non-hydrogen) atoms. The topological polar surface area (TPSA) is 17.1 Å². The number of rotatable bonds is 1. The number of carbonyl (C=O) groups is 1. The third-order valence-corrected chi connectivity index (χ3v) is 4.71. The van der Waals surface area contributed by atoms with Crippen molar-refractivity contribution in [2.24, 2.45) is 5.92 Å². The van der Waals surface area contributed by atoms with Gasteiger partial charge in [-0.05, 0) is 18.8 Å². The van der Waals surface area contributed by atoms with Crippen molar-refractivity contribution in [2.45, 2.75) is 103 Å². The molecule has 0 aromatic heterocycles. The Labute approximate surface area is 120 Å². The second kappa shape index (κ2) is 11.5. The monoisotopic (exact) mass is 266 g/mol. The van der Waals surface area contributed by atoms with Crippen molar-refractivity contribution in [1.29, 1.82) is 0 Å². The molecule has 1 aliphatic carbocycles. The van der Waals surface area contributed by atoms with Gasteiger partial charge >= 0.3 is 0 Å². The molecular formula is C18H34O. The summed E-state index contributed by atoms with van der Waals surface area (Å²) >= 11 is 0. The Hall–Kier alpha value is -0.330. The highest BCUT2D eigenvalue weighted by Crippen LogP contribution is 2.22. The first-order chi connectivity index (χ1) is 9.33. The summed E-state index contributed by atoms with van der Waals surface area (Å²) in [6, 6.07) is 0. The van der Waals surface area contributed by atoms with Crippen molar-refractivity contribution in [3.63, 3.8) is 0 Å². The van der Waals surface area contributed by atoms with Gasteiger partial charge in [-0.1, -0.05) is 77.6 Å². The molecular weight excluding hydrogens is 232 g/mol. The Balaban J connectivity index is 2.24. The molecule has 1 heteroatoms. The minimum absolute atomic E-state index is 0.513. The van der Waals surface area contributed by atoms with E-state index in [-0.39, 0.29) is 0 Å². The van der Waals surface area contributed by atoms with E-state index in [1.807, 2.05) is 0 Å². The second-order valence-corrected chi connectivity index (χ2v) is 6.43. The van der Waals surface area contributed by atoms with E-state index in [1.54, 1.807) is 0 Å². The minimum atomic E-state index is 0.513. The quantitative estimate of drug-likeness (QED) is 0.564. The Kier molecular flexibility index (Phi) is 10.1. The molecule has 112 valence electrons. The molecule has 0 bridgehead atoms. The van der Waals surface area contributed by atoms with E-state index in [4.69, 9.17) is 0 Å². The first kappa shape index (κ1) is 16.7. The standard InChI is InChI=1S/C18H34O/c1-2-17-13-9-5-3-4-6-11-15-18(19)16-12-8-7-10-14-17/h17H,2-16H2,1H3. The summed E-state index contributed by atoms with van der Waals surface area (Å²) in [6.07, 6.45) is 19.0. The number of hydrogen-bond donors (Lipinski definition) is 0. The average molecular weight is 266 g/mol. The molecule has 1 nitrogen and oxygen atoms in total. The van der Waals surface area contributed by atoms with Crippen LogP contribution in [0.4, 0.5) is 0 Å². The van der Waals surface area contributed by atoms with Crippen LogP contribution in [0.1, 0.15) is 103 Å². The molecule has 1 fully saturated rings. The maximum absolute atomic E-state index is 11.7. The van der Waals surface area contributed by atoms with Crippen molar-refractivity contribution >= 4 is 5.78 Å². The molecule has 1 saturated carbocycles.